The first kappa shape index (κ1) is 33.6. The third-order valence-corrected chi connectivity index (χ3v) is 8.96. The van der Waals surface area contributed by atoms with E-state index in [1.165, 1.54) is 6.92 Å². The van der Waals surface area contributed by atoms with Crippen molar-refractivity contribution < 1.29 is 55.1 Å². The van der Waals surface area contributed by atoms with E-state index in [2.05, 4.69) is 15.4 Å². The summed E-state index contributed by atoms with van der Waals surface area (Å²) in [6.45, 7) is 1.58. The van der Waals surface area contributed by atoms with Crippen LogP contribution in [0.5, 0.6) is 0 Å². The number of amides is 4. The lowest BCUT2D eigenvalue weighted by Crippen LogP contribution is -2.71. The Kier molecular flexibility index (Phi) is 10.2. The number of alkyl halides is 5. The second kappa shape index (κ2) is 13.3. The summed E-state index contributed by atoms with van der Waals surface area (Å²) in [5.41, 5.74) is 0. The molecular weight excluding hydrogens is 602 g/mol. The molecule has 246 valence electrons. The molecule has 0 aromatic carbocycles. The number of nitrogens with zero attached hydrogens (tertiary/aromatic N) is 1. The van der Waals surface area contributed by atoms with Crippen LogP contribution < -0.4 is 16.0 Å². The van der Waals surface area contributed by atoms with Gasteiger partial charge in [0.2, 0.25) is 23.5 Å². The van der Waals surface area contributed by atoms with Gasteiger partial charge in [-0.2, -0.15) is 17.6 Å². The lowest BCUT2D eigenvalue weighted by molar-refractivity contribution is -0.196. The predicted octanol–water partition coefficient (Wildman–Crippen LogP) is 2.67. The van der Waals surface area contributed by atoms with Crippen LogP contribution in [0.25, 0.3) is 0 Å². The summed E-state index contributed by atoms with van der Waals surface area (Å²) < 4.78 is 89.1. The van der Waals surface area contributed by atoms with Crippen LogP contribution in [0.4, 0.5) is 26.3 Å². The minimum atomic E-state index is -5.31. The van der Waals surface area contributed by atoms with Gasteiger partial charge in [-0.1, -0.05) is 19.3 Å². The standard InChI is InChI=1S/C28H36F6N4O6/c1-2-44-25(42)19(29)12-16(11-15-8-9-35-22(15)39)36-23(40)21-18-7-6-17(13-27(18,30)31)38(21)24(41)20(10-14-4-3-5-14)37-26(43)28(32,33)34/h12,14-18,20-21H,2-11,13H2,1H3,(H,35,39)(H,36,40)(H,37,43)/b19-12-/t15-,16+,17+,18+,20+,21-/m0/s1. The molecule has 6 atom stereocenters. The van der Waals surface area contributed by atoms with E-state index in [4.69, 9.17) is 0 Å². The quantitative estimate of drug-likeness (QED) is 0.181. The first-order chi connectivity index (χ1) is 20.6. The highest BCUT2D eigenvalue weighted by Gasteiger charge is 2.61. The Morgan fingerprint density at radius 3 is 2.34 bits per heavy atom. The van der Waals surface area contributed by atoms with Crippen molar-refractivity contribution in [3.05, 3.63) is 11.9 Å². The Bertz CT molecular complexity index is 1180. The molecule has 2 bridgehead atoms. The molecule has 5 aliphatic rings. The van der Waals surface area contributed by atoms with Gasteiger partial charge in [-0.25, -0.2) is 13.6 Å². The Hall–Kier alpha value is -3.33. The molecule has 10 nitrogen and oxygen atoms in total. The number of esters is 1. The van der Waals surface area contributed by atoms with Gasteiger partial charge in [-0.05, 0) is 51.0 Å². The topological polar surface area (TPSA) is 134 Å². The van der Waals surface area contributed by atoms with Crippen LogP contribution in [0, 0.1) is 17.8 Å². The Morgan fingerprint density at radius 2 is 1.80 bits per heavy atom. The number of hydrogen-bond acceptors (Lipinski definition) is 6. The van der Waals surface area contributed by atoms with Crippen molar-refractivity contribution in [3.63, 3.8) is 0 Å². The molecule has 0 aromatic rings. The van der Waals surface area contributed by atoms with Gasteiger partial charge in [-0.3, -0.25) is 19.2 Å². The monoisotopic (exact) mass is 638 g/mol. The number of carbonyl (C=O) groups excluding carboxylic acids is 5. The third kappa shape index (κ3) is 7.48. The van der Waals surface area contributed by atoms with Crippen molar-refractivity contribution in [2.24, 2.45) is 17.8 Å². The molecular formula is C28H36F6N4O6. The fourth-order valence-corrected chi connectivity index (χ4v) is 6.59. The van der Waals surface area contributed by atoms with Crippen LogP contribution in [0.2, 0.25) is 0 Å². The zero-order valence-corrected chi connectivity index (χ0v) is 24.1. The molecule has 0 aromatic heterocycles. The van der Waals surface area contributed by atoms with Crippen LogP contribution >= 0.6 is 0 Å². The van der Waals surface area contributed by atoms with E-state index < -0.39 is 89.9 Å². The summed E-state index contributed by atoms with van der Waals surface area (Å²) in [6, 6.07) is -6.15. The number of carbonyl (C=O) groups is 5. The normalized spacial score (nSPS) is 28.0. The number of rotatable bonds is 11. The molecule has 16 heteroatoms. The molecule has 3 N–H and O–H groups in total. The van der Waals surface area contributed by atoms with Crippen molar-refractivity contribution in [2.75, 3.05) is 13.2 Å². The highest BCUT2D eigenvalue weighted by Crippen LogP contribution is 2.49. The number of hydrogen-bond donors (Lipinski definition) is 3. The zero-order chi connectivity index (χ0) is 32.4. The van der Waals surface area contributed by atoms with Gasteiger partial charge in [0.15, 0.2) is 0 Å². The number of halogens is 6. The Morgan fingerprint density at radius 1 is 1.09 bits per heavy atom. The van der Waals surface area contributed by atoms with E-state index in [9.17, 15) is 41.5 Å². The fourth-order valence-electron chi connectivity index (χ4n) is 6.59. The van der Waals surface area contributed by atoms with E-state index >= 15 is 8.78 Å². The molecule has 0 spiro atoms. The zero-order valence-electron chi connectivity index (χ0n) is 24.1. The molecule has 4 amide bonds. The second-order valence-electron chi connectivity index (χ2n) is 11.9. The highest BCUT2D eigenvalue weighted by atomic mass is 19.4. The van der Waals surface area contributed by atoms with E-state index in [0.29, 0.717) is 31.9 Å². The van der Waals surface area contributed by atoms with E-state index in [0.717, 1.165) is 11.3 Å². The maximum Gasteiger partial charge on any atom is 0.471 e. The predicted molar refractivity (Wildman–Crippen MR) is 140 cm³/mol. The van der Waals surface area contributed by atoms with Gasteiger partial charge in [0, 0.05) is 24.9 Å². The molecule has 0 unspecified atom stereocenters. The van der Waals surface area contributed by atoms with Crippen LogP contribution in [0.15, 0.2) is 11.9 Å². The van der Waals surface area contributed by atoms with Gasteiger partial charge < -0.3 is 25.6 Å². The Balaban J connectivity index is 1.64. The van der Waals surface area contributed by atoms with E-state index in [1.54, 1.807) is 5.32 Å². The molecule has 3 heterocycles. The average molecular weight is 639 g/mol. The highest BCUT2D eigenvalue weighted by molar-refractivity contribution is 5.94. The van der Waals surface area contributed by atoms with Crippen LogP contribution in [0.3, 0.4) is 0 Å². The molecule has 0 radical (unpaired) electrons. The van der Waals surface area contributed by atoms with Crippen LogP contribution in [-0.4, -0.2) is 83.9 Å². The van der Waals surface area contributed by atoms with Crippen LogP contribution in [-0.2, 0) is 28.7 Å². The average Bonchev–Trinajstić information content (AvgIpc) is 3.31. The van der Waals surface area contributed by atoms with Gasteiger partial charge in [0.1, 0.15) is 12.1 Å². The summed E-state index contributed by atoms with van der Waals surface area (Å²) in [6.07, 6.45) is -3.60. The molecule has 5 rings (SSSR count). The van der Waals surface area contributed by atoms with Crippen molar-refractivity contribution in [1.29, 1.82) is 0 Å². The summed E-state index contributed by atoms with van der Waals surface area (Å²) in [4.78, 5) is 64.4. The maximum absolute atomic E-state index is 15.2. The number of nitrogens with one attached hydrogen (secondary N) is 3. The maximum atomic E-state index is 15.2. The van der Waals surface area contributed by atoms with Gasteiger partial charge in [-0.15, -0.1) is 0 Å². The summed E-state index contributed by atoms with van der Waals surface area (Å²) in [5.74, 6) is -13.7. The summed E-state index contributed by atoms with van der Waals surface area (Å²) in [5, 5.41) is 6.69. The van der Waals surface area contributed by atoms with E-state index in [-0.39, 0.29) is 38.2 Å². The summed E-state index contributed by atoms with van der Waals surface area (Å²) >= 11 is 0. The molecule has 44 heavy (non-hydrogen) atoms. The lowest BCUT2D eigenvalue weighted by atomic mass is 9.71. The largest absolute Gasteiger partial charge is 0.471 e. The molecule has 2 saturated carbocycles. The SMILES string of the molecule is CCOC(=O)/C(F)=C/[C@@H](C[C@@H]1CCNC1=O)NC(=O)[C@@H]1[C@H]2CC[C@H](CC2(F)F)N1C(=O)[C@@H](CC1CCC1)NC(=O)C(F)(F)F. The van der Waals surface area contributed by atoms with Crippen molar-refractivity contribution in [3.8, 4) is 0 Å². The minimum Gasteiger partial charge on any atom is -0.461 e. The second-order valence-corrected chi connectivity index (χ2v) is 11.9. The number of fused-ring (bicyclic) bond motifs is 3. The lowest BCUT2D eigenvalue weighted by Gasteiger charge is -2.54. The van der Waals surface area contributed by atoms with Gasteiger partial charge in [0.05, 0.1) is 18.6 Å². The Labute approximate surface area is 249 Å². The molecule has 3 saturated heterocycles. The fraction of sp³-hybridized carbons (Fsp3) is 0.750. The van der Waals surface area contributed by atoms with E-state index in [1.807, 2.05) is 0 Å². The molecule has 5 fully saturated rings. The minimum absolute atomic E-state index is 0.0577. The smallest absolute Gasteiger partial charge is 0.461 e. The van der Waals surface area contributed by atoms with Crippen molar-refractivity contribution >= 4 is 29.6 Å². The van der Waals surface area contributed by atoms with Crippen molar-refractivity contribution in [2.45, 2.75) is 101 Å². The van der Waals surface area contributed by atoms with Crippen molar-refractivity contribution in [1.82, 2.24) is 20.9 Å². The van der Waals surface area contributed by atoms with Gasteiger partial charge >= 0.3 is 18.1 Å². The van der Waals surface area contributed by atoms with Gasteiger partial charge in [0.25, 0.3) is 5.92 Å². The van der Waals surface area contributed by atoms with Crippen LogP contribution in [0.1, 0.15) is 64.7 Å². The first-order valence-corrected chi connectivity index (χ1v) is 14.8. The molecule has 3 aliphatic heterocycles. The first-order valence-electron chi connectivity index (χ1n) is 14.8. The number of piperidine rings is 2. The number of ether oxygens (including phenoxy) is 1. The summed E-state index contributed by atoms with van der Waals surface area (Å²) in [7, 11) is 0. The molecule has 2 aliphatic carbocycles. The third-order valence-electron chi connectivity index (χ3n) is 8.96.